The van der Waals surface area contributed by atoms with E-state index in [2.05, 4.69) is 15.5 Å². The first-order valence-corrected chi connectivity index (χ1v) is 6.43. The summed E-state index contributed by atoms with van der Waals surface area (Å²) in [4.78, 5) is 11.5. The highest BCUT2D eigenvalue weighted by Crippen LogP contribution is 2.21. The van der Waals surface area contributed by atoms with Crippen molar-refractivity contribution in [1.82, 2.24) is 15.5 Å². The molecule has 2 rings (SSSR count). The van der Waals surface area contributed by atoms with Crippen LogP contribution in [0, 0.1) is 5.82 Å². The van der Waals surface area contributed by atoms with Crippen molar-refractivity contribution in [3.05, 3.63) is 36.0 Å². The van der Waals surface area contributed by atoms with Crippen molar-refractivity contribution in [2.24, 2.45) is 0 Å². The van der Waals surface area contributed by atoms with Gasteiger partial charge >= 0.3 is 0 Å². The molecule has 1 aromatic carbocycles. The topological polar surface area (TPSA) is 68.0 Å². The van der Waals surface area contributed by atoms with Crippen LogP contribution in [0.5, 0.6) is 0 Å². The van der Waals surface area contributed by atoms with Crippen molar-refractivity contribution in [3.63, 3.8) is 0 Å². The van der Waals surface area contributed by atoms with Gasteiger partial charge in [0.1, 0.15) is 5.82 Å². The zero-order valence-corrected chi connectivity index (χ0v) is 11.4. The lowest BCUT2D eigenvalue weighted by molar-refractivity contribution is -0.121. The molecule has 0 spiro atoms. The van der Waals surface area contributed by atoms with Gasteiger partial charge in [0.25, 0.3) is 5.89 Å². The Morgan fingerprint density at radius 2 is 2.10 bits per heavy atom. The zero-order chi connectivity index (χ0) is 14.5. The van der Waals surface area contributed by atoms with Crippen molar-refractivity contribution in [2.45, 2.75) is 32.7 Å². The number of aryl methyl sites for hydroxylation is 1. The van der Waals surface area contributed by atoms with Crippen molar-refractivity contribution in [1.29, 1.82) is 0 Å². The Morgan fingerprint density at radius 1 is 1.35 bits per heavy atom. The van der Waals surface area contributed by atoms with Gasteiger partial charge in [0, 0.05) is 18.9 Å². The molecule has 2 aromatic rings. The van der Waals surface area contributed by atoms with Gasteiger partial charge in [-0.2, -0.15) is 0 Å². The molecule has 0 aliphatic rings. The molecule has 0 bridgehead atoms. The van der Waals surface area contributed by atoms with Crippen LogP contribution in [-0.2, 0) is 11.2 Å². The first-order valence-electron chi connectivity index (χ1n) is 6.43. The van der Waals surface area contributed by atoms with E-state index in [1.165, 1.54) is 6.07 Å². The molecule has 0 atom stereocenters. The third-order valence-electron chi connectivity index (χ3n) is 2.59. The molecule has 6 heteroatoms. The number of amides is 1. The van der Waals surface area contributed by atoms with E-state index in [1.807, 2.05) is 13.8 Å². The average Bonchev–Trinajstić information content (AvgIpc) is 2.85. The summed E-state index contributed by atoms with van der Waals surface area (Å²) in [5.74, 6) is -0.0459. The second kappa shape index (κ2) is 6.27. The standard InChI is InChI=1S/C14H16FN3O2/c1-9(2)16-12(19)7-8-13-17-18-14(20-13)10-5-3-4-6-11(10)15/h3-6,9H,7-8H2,1-2H3,(H,16,19). The van der Waals surface area contributed by atoms with E-state index in [4.69, 9.17) is 4.42 Å². The lowest BCUT2D eigenvalue weighted by atomic mass is 10.2. The molecule has 0 unspecified atom stereocenters. The van der Waals surface area contributed by atoms with Crippen LogP contribution in [-0.4, -0.2) is 22.1 Å². The molecule has 20 heavy (non-hydrogen) atoms. The number of nitrogens with one attached hydrogen (secondary N) is 1. The summed E-state index contributed by atoms with van der Waals surface area (Å²) < 4.78 is 18.9. The number of halogens is 1. The maximum Gasteiger partial charge on any atom is 0.250 e. The molecule has 1 heterocycles. The molecule has 0 saturated carbocycles. The van der Waals surface area contributed by atoms with Crippen molar-refractivity contribution in [3.8, 4) is 11.5 Å². The molecule has 5 nitrogen and oxygen atoms in total. The number of nitrogens with zero attached hydrogens (tertiary/aromatic N) is 2. The average molecular weight is 277 g/mol. The van der Waals surface area contributed by atoms with Gasteiger partial charge in [-0.05, 0) is 26.0 Å². The predicted molar refractivity (Wildman–Crippen MR) is 71.3 cm³/mol. The summed E-state index contributed by atoms with van der Waals surface area (Å²) in [5, 5.41) is 10.4. The Kier molecular flexibility index (Phi) is 4.45. The van der Waals surface area contributed by atoms with Crippen LogP contribution in [0.25, 0.3) is 11.5 Å². The summed E-state index contributed by atoms with van der Waals surface area (Å²) in [6, 6.07) is 6.28. The van der Waals surface area contributed by atoms with Crippen molar-refractivity contribution in [2.75, 3.05) is 0 Å². The van der Waals surface area contributed by atoms with Gasteiger partial charge < -0.3 is 9.73 Å². The molecule has 0 fully saturated rings. The quantitative estimate of drug-likeness (QED) is 0.910. The number of aromatic nitrogens is 2. The van der Waals surface area contributed by atoms with Gasteiger partial charge in [0.2, 0.25) is 11.8 Å². The largest absolute Gasteiger partial charge is 0.421 e. The Balaban J connectivity index is 2.00. The number of rotatable bonds is 5. The molecule has 106 valence electrons. The van der Waals surface area contributed by atoms with Crippen LogP contribution in [0.4, 0.5) is 4.39 Å². The SMILES string of the molecule is CC(C)NC(=O)CCc1nnc(-c2ccccc2F)o1. The highest BCUT2D eigenvalue weighted by atomic mass is 19.1. The predicted octanol–water partition coefficient (Wildman–Crippen LogP) is 2.33. The first-order chi connectivity index (χ1) is 9.56. The van der Waals surface area contributed by atoms with E-state index >= 15 is 0 Å². The minimum absolute atomic E-state index is 0.0781. The van der Waals surface area contributed by atoms with Gasteiger partial charge in [0.05, 0.1) is 5.56 Å². The van der Waals surface area contributed by atoms with Gasteiger partial charge in [0.15, 0.2) is 0 Å². The maximum absolute atomic E-state index is 13.6. The lowest BCUT2D eigenvalue weighted by Gasteiger charge is -2.06. The number of hydrogen-bond donors (Lipinski definition) is 1. The van der Waals surface area contributed by atoms with Crippen molar-refractivity contribution < 1.29 is 13.6 Å². The molecular weight excluding hydrogens is 261 g/mol. The molecule has 0 saturated heterocycles. The highest BCUT2D eigenvalue weighted by Gasteiger charge is 2.13. The second-order valence-corrected chi connectivity index (χ2v) is 4.70. The Morgan fingerprint density at radius 3 is 2.80 bits per heavy atom. The Hall–Kier alpha value is -2.24. The number of carbonyl (C=O) groups excluding carboxylic acids is 1. The van der Waals surface area contributed by atoms with Crippen LogP contribution in [0.2, 0.25) is 0 Å². The van der Waals surface area contributed by atoms with Crippen LogP contribution >= 0.6 is 0 Å². The van der Waals surface area contributed by atoms with Crippen LogP contribution in [0.1, 0.15) is 26.2 Å². The van der Waals surface area contributed by atoms with Gasteiger partial charge in [-0.3, -0.25) is 4.79 Å². The molecule has 1 amide bonds. The molecule has 0 aliphatic heterocycles. The second-order valence-electron chi connectivity index (χ2n) is 4.70. The van der Waals surface area contributed by atoms with Gasteiger partial charge in [-0.15, -0.1) is 10.2 Å². The summed E-state index contributed by atoms with van der Waals surface area (Å²) in [5.41, 5.74) is 0.262. The normalized spacial score (nSPS) is 10.8. The number of carbonyl (C=O) groups is 1. The fourth-order valence-corrected chi connectivity index (χ4v) is 1.71. The van der Waals surface area contributed by atoms with E-state index in [0.717, 1.165) is 0 Å². The van der Waals surface area contributed by atoms with Crippen LogP contribution in [0.15, 0.2) is 28.7 Å². The third-order valence-corrected chi connectivity index (χ3v) is 2.59. The van der Waals surface area contributed by atoms with E-state index in [-0.39, 0.29) is 29.8 Å². The van der Waals surface area contributed by atoms with E-state index in [1.54, 1.807) is 18.2 Å². The molecule has 1 N–H and O–H groups in total. The summed E-state index contributed by atoms with van der Waals surface area (Å²) in [6.45, 7) is 3.78. The smallest absolute Gasteiger partial charge is 0.250 e. The third kappa shape index (κ3) is 3.63. The molecule has 1 aromatic heterocycles. The lowest BCUT2D eigenvalue weighted by Crippen LogP contribution is -2.30. The van der Waals surface area contributed by atoms with Gasteiger partial charge in [-0.25, -0.2) is 4.39 Å². The minimum Gasteiger partial charge on any atom is -0.421 e. The summed E-state index contributed by atoms with van der Waals surface area (Å²) in [7, 11) is 0. The van der Waals surface area contributed by atoms with Crippen LogP contribution in [0.3, 0.4) is 0 Å². The number of hydrogen-bond acceptors (Lipinski definition) is 4. The first kappa shape index (κ1) is 14.2. The minimum atomic E-state index is -0.416. The Labute approximate surface area is 116 Å². The van der Waals surface area contributed by atoms with E-state index in [0.29, 0.717) is 12.3 Å². The van der Waals surface area contributed by atoms with Crippen LogP contribution < -0.4 is 5.32 Å². The fraction of sp³-hybridized carbons (Fsp3) is 0.357. The van der Waals surface area contributed by atoms with Crippen molar-refractivity contribution >= 4 is 5.91 Å². The zero-order valence-electron chi connectivity index (χ0n) is 11.4. The highest BCUT2D eigenvalue weighted by molar-refractivity contribution is 5.76. The molecule has 0 radical (unpaired) electrons. The molecule has 0 aliphatic carbocycles. The number of benzene rings is 1. The van der Waals surface area contributed by atoms with E-state index in [9.17, 15) is 9.18 Å². The monoisotopic (exact) mass is 277 g/mol. The summed E-state index contributed by atoms with van der Waals surface area (Å²) >= 11 is 0. The Bertz CT molecular complexity index is 596. The fourth-order valence-electron chi connectivity index (χ4n) is 1.71. The maximum atomic E-state index is 13.6. The van der Waals surface area contributed by atoms with E-state index < -0.39 is 5.82 Å². The molecular formula is C14H16FN3O2. The van der Waals surface area contributed by atoms with Gasteiger partial charge in [-0.1, -0.05) is 12.1 Å². The summed E-state index contributed by atoms with van der Waals surface area (Å²) in [6.07, 6.45) is 0.594.